The van der Waals surface area contributed by atoms with Crippen LogP contribution in [-0.2, 0) is 10.2 Å². The fourth-order valence-electron chi connectivity index (χ4n) is 2.38. The van der Waals surface area contributed by atoms with Gasteiger partial charge in [-0.25, -0.2) is 4.98 Å². The van der Waals surface area contributed by atoms with Crippen molar-refractivity contribution in [2.75, 3.05) is 5.32 Å². The number of nitrogens with one attached hydrogen (secondary N) is 1. The minimum atomic E-state index is -0.357. The highest BCUT2D eigenvalue weighted by atomic mass is 79.9. The lowest BCUT2D eigenvalue weighted by Crippen LogP contribution is -2.28. The molecule has 2 aromatic rings. The van der Waals surface area contributed by atoms with Gasteiger partial charge in [0.05, 0.1) is 11.1 Å². The van der Waals surface area contributed by atoms with Gasteiger partial charge in [-0.1, -0.05) is 30.3 Å². The predicted molar refractivity (Wildman–Crippen MR) is 82.7 cm³/mol. The average Bonchev–Trinajstić information content (AvgIpc) is 3.26. The van der Waals surface area contributed by atoms with Crippen LogP contribution in [0.3, 0.4) is 0 Å². The largest absolute Gasteiger partial charge is 0.310 e. The second-order valence-electron chi connectivity index (χ2n) is 5.17. The van der Waals surface area contributed by atoms with Gasteiger partial charge in [0.1, 0.15) is 5.82 Å². The van der Waals surface area contributed by atoms with E-state index in [1.165, 1.54) is 0 Å². The number of halogens is 1. The number of hydrogen-bond donors (Lipinski definition) is 1. The van der Waals surface area contributed by atoms with Crippen LogP contribution in [-0.4, -0.2) is 10.9 Å². The van der Waals surface area contributed by atoms with Gasteiger partial charge in [0, 0.05) is 4.47 Å². The van der Waals surface area contributed by atoms with Crippen molar-refractivity contribution in [3.05, 3.63) is 58.2 Å². The molecule has 0 aliphatic heterocycles. The molecule has 0 bridgehead atoms. The van der Waals surface area contributed by atoms with Gasteiger partial charge in [0.2, 0.25) is 5.91 Å². The Morgan fingerprint density at radius 1 is 1.20 bits per heavy atom. The third kappa shape index (κ3) is 2.36. The van der Waals surface area contributed by atoms with Crippen molar-refractivity contribution in [2.45, 2.75) is 25.2 Å². The van der Waals surface area contributed by atoms with Crippen molar-refractivity contribution < 1.29 is 4.79 Å². The number of amides is 1. The number of aromatic nitrogens is 1. The lowest BCUT2D eigenvalue weighted by Gasteiger charge is -2.15. The number of carbonyl (C=O) groups is 1. The highest BCUT2D eigenvalue weighted by molar-refractivity contribution is 9.10. The number of anilines is 1. The van der Waals surface area contributed by atoms with Crippen LogP contribution < -0.4 is 5.32 Å². The Morgan fingerprint density at radius 2 is 1.90 bits per heavy atom. The maximum absolute atomic E-state index is 12.5. The van der Waals surface area contributed by atoms with Crippen molar-refractivity contribution in [1.82, 2.24) is 4.98 Å². The first-order valence-electron chi connectivity index (χ1n) is 6.62. The number of benzene rings is 1. The first kappa shape index (κ1) is 13.3. The van der Waals surface area contributed by atoms with E-state index >= 15 is 0 Å². The highest BCUT2D eigenvalue weighted by Crippen LogP contribution is 2.48. The molecule has 4 heteroatoms. The van der Waals surface area contributed by atoms with Gasteiger partial charge in [-0.2, -0.15) is 0 Å². The van der Waals surface area contributed by atoms with Gasteiger partial charge < -0.3 is 5.32 Å². The molecule has 102 valence electrons. The van der Waals surface area contributed by atoms with Gasteiger partial charge in [-0.05, 0) is 53.4 Å². The van der Waals surface area contributed by atoms with Gasteiger partial charge in [-0.15, -0.1) is 0 Å². The molecule has 1 N–H and O–H groups in total. The van der Waals surface area contributed by atoms with Crippen molar-refractivity contribution >= 4 is 27.7 Å². The minimum absolute atomic E-state index is 0.0397. The summed E-state index contributed by atoms with van der Waals surface area (Å²) in [5.74, 6) is 0.649. The molecule has 1 amide bonds. The standard InChI is InChI=1S/C16H15BrN2O/c1-11-13(17)7-8-14(18-11)19-15(20)16(9-10-16)12-5-3-2-4-6-12/h2-8H,9-10H2,1H3,(H,18,19,20). The fraction of sp³-hybridized carbons (Fsp3) is 0.250. The maximum atomic E-state index is 12.5. The van der Waals surface area contributed by atoms with Crippen LogP contribution in [0.2, 0.25) is 0 Å². The van der Waals surface area contributed by atoms with Crippen molar-refractivity contribution in [2.24, 2.45) is 0 Å². The summed E-state index contributed by atoms with van der Waals surface area (Å²) in [4.78, 5) is 16.9. The molecule has 1 fully saturated rings. The van der Waals surface area contributed by atoms with E-state index in [4.69, 9.17) is 0 Å². The first-order chi connectivity index (χ1) is 9.62. The van der Waals surface area contributed by atoms with E-state index in [2.05, 4.69) is 26.2 Å². The summed E-state index contributed by atoms with van der Waals surface area (Å²) in [5.41, 5.74) is 1.60. The third-order valence-corrected chi connectivity index (χ3v) is 4.61. The average molecular weight is 331 g/mol. The Bertz CT molecular complexity index is 651. The summed E-state index contributed by atoms with van der Waals surface area (Å²) in [6, 6.07) is 13.7. The Morgan fingerprint density at radius 3 is 2.50 bits per heavy atom. The molecule has 3 rings (SSSR count). The highest BCUT2D eigenvalue weighted by Gasteiger charge is 2.51. The normalized spacial score (nSPS) is 15.7. The second-order valence-corrected chi connectivity index (χ2v) is 6.02. The summed E-state index contributed by atoms with van der Waals surface area (Å²) in [5, 5.41) is 2.94. The van der Waals surface area contributed by atoms with Gasteiger partial charge in [0.25, 0.3) is 0 Å². The molecule has 1 aromatic heterocycles. The molecule has 0 unspecified atom stereocenters. The molecule has 1 saturated carbocycles. The van der Waals surface area contributed by atoms with E-state index in [1.54, 1.807) is 0 Å². The molecule has 3 nitrogen and oxygen atoms in total. The fourth-order valence-corrected chi connectivity index (χ4v) is 2.60. The van der Waals surface area contributed by atoms with Crippen LogP contribution in [0.5, 0.6) is 0 Å². The second kappa shape index (κ2) is 5.02. The summed E-state index contributed by atoms with van der Waals surface area (Å²) < 4.78 is 0.944. The molecule has 20 heavy (non-hydrogen) atoms. The van der Waals surface area contributed by atoms with E-state index in [9.17, 15) is 4.79 Å². The number of pyridine rings is 1. The van der Waals surface area contributed by atoms with Crippen molar-refractivity contribution in [3.63, 3.8) is 0 Å². The Hall–Kier alpha value is -1.68. The molecule has 0 spiro atoms. The third-order valence-electron chi connectivity index (χ3n) is 3.77. The molecular weight excluding hydrogens is 316 g/mol. The zero-order valence-corrected chi connectivity index (χ0v) is 12.8. The van der Waals surface area contributed by atoms with Crippen LogP contribution in [0.25, 0.3) is 0 Å². The zero-order valence-electron chi connectivity index (χ0n) is 11.2. The van der Waals surface area contributed by atoms with Gasteiger partial charge >= 0.3 is 0 Å². The topological polar surface area (TPSA) is 42.0 Å². The molecule has 0 radical (unpaired) electrons. The van der Waals surface area contributed by atoms with Crippen molar-refractivity contribution in [3.8, 4) is 0 Å². The number of carbonyl (C=O) groups excluding carboxylic acids is 1. The first-order valence-corrected chi connectivity index (χ1v) is 7.41. The predicted octanol–water partition coefficient (Wildman–Crippen LogP) is 3.82. The lowest BCUT2D eigenvalue weighted by molar-refractivity contribution is -0.118. The maximum Gasteiger partial charge on any atom is 0.236 e. The van der Waals surface area contributed by atoms with E-state index in [-0.39, 0.29) is 11.3 Å². The zero-order chi connectivity index (χ0) is 14.2. The van der Waals surface area contributed by atoms with Crippen LogP contribution in [0.15, 0.2) is 46.9 Å². The SMILES string of the molecule is Cc1nc(NC(=O)C2(c3ccccc3)CC2)ccc1Br. The van der Waals surface area contributed by atoms with E-state index in [1.807, 2.05) is 49.4 Å². The smallest absolute Gasteiger partial charge is 0.236 e. The van der Waals surface area contributed by atoms with Crippen LogP contribution in [0, 0.1) is 6.92 Å². The van der Waals surface area contributed by atoms with E-state index in [0.717, 1.165) is 28.6 Å². The quantitative estimate of drug-likeness (QED) is 0.929. The Kier molecular flexibility index (Phi) is 3.34. The van der Waals surface area contributed by atoms with Crippen molar-refractivity contribution in [1.29, 1.82) is 0 Å². The molecule has 1 heterocycles. The molecule has 1 aliphatic carbocycles. The molecule has 1 aromatic carbocycles. The van der Waals surface area contributed by atoms with E-state index in [0.29, 0.717) is 5.82 Å². The lowest BCUT2D eigenvalue weighted by atomic mass is 9.95. The summed E-state index contributed by atoms with van der Waals surface area (Å²) in [6.45, 7) is 1.91. The Labute approximate surface area is 126 Å². The van der Waals surface area contributed by atoms with Gasteiger partial charge in [0.15, 0.2) is 0 Å². The molecule has 1 aliphatic rings. The van der Waals surface area contributed by atoms with Gasteiger partial charge in [-0.3, -0.25) is 4.79 Å². The van der Waals surface area contributed by atoms with Crippen LogP contribution in [0.4, 0.5) is 5.82 Å². The molecular formula is C16H15BrN2O. The van der Waals surface area contributed by atoms with E-state index < -0.39 is 0 Å². The number of nitrogens with zero attached hydrogens (tertiary/aromatic N) is 1. The van der Waals surface area contributed by atoms with Crippen LogP contribution in [0.1, 0.15) is 24.1 Å². The monoisotopic (exact) mass is 330 g/mol. The summed E-state index contributed by atoms with van der Waals surface area (Å²) in [7, 11) is 0. The van der Waals surface area contributed by atoms with Crippen LogP contribution >= 0.6 is 15.9 Å². The number of aryl methyl sites for hydroxylation is 1. The summed E-state index contributed by atoms with van der Waals surface area (Å²) >= 11 is 3.41. The minimum Gasteiger partial charge on any atom is -0.310 e. The Balaban J connectivity index is 1.81. The number of hydrogen-bond acceptors (Lipinski definition) is 2. The number of rotatable bonds is 3. The summed E-state index contributed by atoms with van der Waals surface area (Å²) in [6.07, 6.45) is 1.80. The molecule has 0 atom stereocenters. The molecule has 0 saturated heterocycles.